The minimum absolute atomic E-state index is 0.0261. The number of nitrogens with zero attached hydrogens (tertiary/aromatic N) is 2. The smallest absolute Gasteiger partial charge is 0.252 e. The van der Waals surface area contributed by atoms with Gasteiger partial charge in [-0.3, -0.25) is 15.0 Å². The molecular formula is C18H13F2N3O2S2. The Balaban J connectivity index is 1.55. The molecule has 1 atom stereocenters. The molecule has 0 saturated carbocycles. The first-order valence-corrected chi connectivity index (χ1v) is 9.87. The van der Waals surface area contributed by atoms with Crippen molar-refractivity contribution in [1.29, 1.82) is 0 Å². The van der Waals surface area contributed by atoms with Gasteiger partial charge in [0.1, 0.15) is 17.0 Å². The lowest BCUT2D eigenvalue weighted by atomic mass is 10.1. The molecule has 1 N–H and O–H groups in total. The SMILES string of the molecule is O=C(Cc1nsc2ccccc12)NN1C(=O)CSC1c1c(F)cccc1F. The van der Waals surface area contributed by atoms with E-state index in [-0.39, 0.29) is 17.7 Å². The molecule has 0 spiro atoms. The van der Waals surface area contributed by atoms with Crippen LogP contribution in [0.2, 0.25) is 0 Å². The normalized spacial score (nSPS) is 16.9. The van der Waals surface area contributed by atoms with E-state index in [2.05, 4.69) is 9.80 Å². The molecule has 1 unspecified atom stereocenters. The maximum Gasteiger partial charge on any atom is 0.252 e. The molecule has 1 saturated heterocycles. The molecule has 1 aromatic heterocycles. The molecule has 27 heavy (non-hydrogen) atoms. The highest BCUT2D eigenvalue weighted by Crippen LogP contribution is 2.39. The van der Waals surface area contributed by atoms with Crippen molar-refractivity contribution in [1.82, 2.24) is 14.8 Å². The topological polar surface area (TPSA) is 62.3 Å². The van der Waals surface area contributed by atoms with Gasteiger partial charge in [-0.2, -0.15) is 4.37 Å². The van der Waals surface area contributed by atoms with Crippen LogP contribution in [0.15, 0.2) is 42.5 Å². The summed E-state index contributed by atoms with van der Waals surface area (Å²) < 4.78 is 33.5. The lowest BCUT2D eigenvalue weighted by Crippen LogP contribution is -2.45. The van der Waals surface area contributed by atoms with Crippen LogP contribution in [0, 0.1) is 11.6 Å². The van der Waals surface area contributed by atoms with Crippen molar-refractivity contribution in [2.75, 3.05) is 5.75 Å². The first kappa shape index (κ1) is 17.9. The van der Waals surface area contributed by atoms with Crippen LogP contribution >= 0.6 is 23.3 Å². The summed E-state index contributed by atoms with van der Waals surface area (Å²) in [6.45, 7) is 0. The van der Waals surface area contributed by atoms with Gasteiger partial charge in [0.05, 0.1) is 28.1 Å². The number of aromatic nitrogens is 1. The van der Waals surface area contributed by atoms with Crippen molar-refractivity contribution in [2.24, 2.45) is 0 Å². The molecule has 2 amide bonds. The van der Waals surface area contributed by atoms with Gasteiger partial charge >= 0.3 is 0 Å². The Kier molecular flexibility index (Phi) is 4.79. The highest BCUT2D eigenvalue weighted by Gasteiger charge is 2.37. The summed E-state index contributed by atoms with van der Waals surface area (Å²) in [7, 11) is 0. The number of hydrazine groups is 1. The molecule has 3 aromatic rings. The van der Waals surface area contributed by atoms with E-state index < -0.39 is 28.8 Å². The second-order valence-corrected chi connectivity index (χ2v) is 7.77. The van der Waals surface area contributed by atoms with Crippen molar-refractivity contribution < 1.29 is 18.4 Å². The molecule has 2 heterocycles. The fourth-order valence-electron chi connectivity index (χ4n) is 2.90. The summed E-state index contributed by atoms with van der Waals surface area (Å²) in [5.41, 5.74) is 2.85. The second kappa shape index (κ2) is 7.24. The van der Waals surface area contributed by atoms with Gasteiger partial charge in [-0.1, -0.05) is 24.3 Å². The average Bonchev–Trinajstić information content (AvgIpc) is 3.20. The van der Waals surface area contributed by atoms with Crippen molar-refractivity contribution in [3.8, 4) is 0 Å². The summed E-state index contributed by atoms with van der Waals surface area (Å²) >= 11 is 2.35. The van der Waals surface area contributed by atoms with E-state index in [1.165, 1.54) is 17.6 Å². The van der Waals surface area contributed by atoms with Crippen LogP contribution in [0.3, 0.4) is 0 Å². The van der Waals surface area contributed by atoms with E-state index in [0.29, 0.717) is 5.69 Å². The third kappa shape index (κ3) is 3.40. The van der Waals surface area contributed by atoms with Crippen molar-refractivity contribution in [3.63, 3.8) is 0 Å². The molecule has 138 valence electrons. The first-order valence-electron chi connectivity index (χ1n) is 8.05. The number of benzene rings is 2. The Morgan fingerprint density at radius 2 is 1.93 bits per heavy atom. The maximum absolute atomic E-state index is 14.1. The molecule has 9 heteroatoms. The summed E-state index contributed by atoms with van der Waals surface area (Å²) in [6, 6.07) is 11.0. The van der Waals surface area contributed by atoms with Gasteiger partial charge in [0, 0.05) is 5.39 Å². The molecular weight excluding hydrogens is 392 g/mol. The molecule has 0 aliphatic carbocycles. The van der Waals surface area contributed by atoms with Crippen LogP contribution in [-0.2, 0) is 16.0 Å². The minimum atomic E-state index is -0.949. The molecule has 4 rings (SSSR count). The number of halogens is 2. The van der Waals surface area contributed by atoms with Crippen LogP contribution in [0.1, 0.15) is 16.6 Å². The summed E-state index contributed by atoms with van der Waals surface area (Å²) in [5, 5.41) is 0.926. The Morgan fingerprint density at radius 3 is 2.70 bits per heavy atom. The highest BCUT2D eigenvalue weighted by molar-refractivity contribution is 8.00. The number of amides is 2. The molecule has 2 aromatic carbocycles. The number of rotatable bonds is 4. The monoisotopic (exact) mass is 405 g/mol. The van der Waals surface area contributed by atoms with Crippen LogP contribution in [0.4, 0.5) is 8.78 Å². The quantitative estimate of drug-likeness (QED) is 0.723. The first-order chi connectivity index (χ1) is 13.0. The van der Waals surface area contributed by atoms with E-state index in [9.17, 15) is 18.4 Å². The lowest BCUT2D eigenvalue weighted by Gasteiger charge is -2.25. The van der Waals surface area contributed by atoms with E-state index in [0.717, 1.165) is 39.0 Å². The molecule has 0 bridgehead atoms. The molecule has 1 fully saturated rings. The van der Waals surface area contributed by atoms with Gasteiger partial charge in [-0.25, -0.2) is 13.8 Å². The Bertz CT molecular complexity index is 1020. The van der Waals surface area contributed by atoms with Gasteiger partial charge in [0.25, 0.3) is 5.91 Å². The number of fused-ring (bicyclic) bond motifs is 1. The van der Waals surface area contributed by atoms with Crippen LogP contribution in [-0.4, -0.2) is 26.9 Å². The highest BCUT2D eigenvalue weighted by atomic mass is 32.2. The van der Waals surface area contributed by atoms with E-state index in [1.54, 1.807) is 0 Å². The van der Waals surface area contributed by atoms with Crippen LogP contribution in [0.5, 0.6) is 0 Å². The second-order valence-electron chi connectivity index (χ2n) is 5.90. The third-order valence-corrected chi connectivity index (χ3v) is 6.18. The molecule has 5 nitrogen and oxygen atoms in total. The summed E-state index contributed by atoms with van der Waals surface area (Å²) in [6.07, 6.45) is -0.0368. The molecule has 0 radical (unpaired) electrons. The fourth-order valence-corrected chi connectivity index (χ4v) is 4.84. The maximum atomic E-state index is 14.1. The van der Waals surface area contributed by atoms with E-state index >= 15 is 0 Å². The van der Waals surface area contributed by atoms with Crippen molar-refractivity contribution in [3.05, 3.63) is 65.4 Å². The number of hydrogen-bond donors (Lipinski definition) is 1. The number of hydrogen-bond acceptors (Lipinski definition) is 5. The van der Waals surface area contributed by atoms with E-state index in [1.807, 2.05) is 24.3 Å². The minimum Gasteiger partial charge on any atom is -0.273 e. The standard InChI is InChI=1S/C18H13F2N3O2S2/c19-11-5-3-6-12(20)17(11)18-23(16(25)9-26-18)21-15(24)8-13-10-4-1-2-7-14(10)27-22-13/h1-7,18H,8-9H2,(H,21,24). The molecule has 1 aliphatic rings. The predicted molar refractivity (Wildman–Crippen MR) is 99.9 cm³/mol. The largest absolute Gasteiger partial charge is 0.273 e. The summed E-state index contributed by atoms with van der Waals surface area (Å²) in [4.78, 5) is 24.6. The molecule has 1 aliphatic heterocycles. The average molecular weight is 405 g/mol. The number of carbonyl (C=O) groups excluding carboxylic acids is 2. The number of carbonyl (C=O) groups is 2. The number of thioether (sulfide) groups is 1. The van der Waals surface area contributed by atoms with Crippen LogP contribution in [0.25, 0.3) is 10.1 Å². The van der Waals surface area contributed by atoms with Gasteiger partial charge in [-0.05, 0) is 29.7 Å². The third-order valence-electron chi connectivity index (χ3n) is 4.14. The fraction of sp³-hybridized carbons (Fsp3) is 0.167. The Hall–Kier alpha value is -2.52. The van der Waals surface area contributed by atoms with Crippen molar-refractivity contribution in [2.45, 2.75) is 11.8 Å². The zero-order valence-corrected chi connectivity index (χ0v) is 15.4. The predicted octanol–water partition coefficient (Wildman–Crippen LogP) is 3.42. The van der Waals surface area contributed by atoms with Gasteiger partial charge < -0.3 is 0 Å². The number of nitrogens with one attached hydrogen (secondary N) is 1. The van der Waals surface area contributed by atoms with E-state index in [4.69, 9.17) is 0 Å². The zero-order valence-electron chi connectivity index (χ0n) is 13.8. The Labute approximate surface area is 161 Å². The Morgan fingerprint density at radius 1 is 1.19 bits per heavy atom. The summed E-state index contributed by atoms with van der Waals surface area (Å²) in [5.74, 6) is -2.37. The van der Waals surface area contributed by atoms with Gasteiger partial charge in [0.15, 0.2) is 0 Å². The zero-order chi connectivity index (χ0) is 19.0. The van der Waals surface area contributed by atoms with Crippen molar-refractivity contribution >= 4 is 45.2 Å². The van der Waals surface area contributed by atoms with Gasteiger partial charge in [-0.15, -0.1) is 11.8 Å². The van der Waals surface area contributed by atoms with Gasteiger partial charge in [0.2, 0.25) is 5.91 Å². The lowest BCUT2D eigenvalue weighted by molar-refractivity contribution is -0.139. The van der Waals surface area contributed by atoms with Crippen LogP contribution < -0.4 is 5.43 Å².